The third kappa shape index (κ3) is 2.15. The molecule has 1 aromatic carbocycles. The molecule has 1 fully saturated rings. The molecule has 2 heteroatoms. The number of hydrogen-bond acceptors (Lipinski definition) is 0. The SMILES string of the molecule is CC1CCC(c2c[nH]c3ccc(Br)cc23)CC1. The second kappa shape index (κ2) is 4.49. The Labute approximate surface area is 111 Å². The molecule has 1 nitrogen and oxygen atoms in total. The van der Waals surface area contributed by atoms with Crippen LogP contribution in [0.1, 0.15) is 44.1 Å². The Balaban J connectivity index is 1.97. The van der Waals surface area contributed by atoms with Crippen LogP contribution in [0.3, 0.4) is 0 Å². The Hall–Kier alpha value is -0.760. The third-order valence-electron chi connectivity index (χ3n) is 4.13. The molecule has 0 amide bonds. The molecule has 0 aliphatic heterocycles. The molecule has 2 aromatic rings. The summed E-state index contributed by atoms with van der Waals surface area (Å²) in [6.07, 6.45) is 7.68. The van der Waals surface area contributed by atoms with Crippen molar-refractivity contribution in [2.45, 2.75) is 38.5 Å². The molecule has 1 saturated carbocycles. The van der Waals surface area contributed by atoms with Gasteiger partial charge in [-0.2, -0.15) is 0 Å². The van der Waals surface area contributed by atoms with Crippen LogP contribution in [0.25, 0.3) is 10.9 Å². The lowest BCUT2D eigenvalue weighted by Gasteiger charge is -2.25. The maximum atomic E-state index is 3.57. The molecular weight excluding hydrogens is 274 g/mol. The van der Waals surface area contributed by atoms with Crippen molar-refractivity contribution >= 4 is 26.8 Å². The van der Waals surface area contributed by atoms with Crippen LogP contribution in [0.4, 0.5) is 0 Å². The van der Waals surface area contributed by atoms with Crippen LogP contribution in [0, 0.1) is 5.92 Å². The van der Waals surface area contributed by atoms with Crippen molar-refractivity contribution in [3.8, 4) is 0 Å². The number of aromatic nitrogens is 1. The van der Waals surface area contributed by atoms with Crippen molar-refractivity contribution in [2.24, 2.45) is 5.92 Å². The lowest BCUT2D eigenvalue weighted by molar-refractivity contribution is 0.349. The maximum absolute atomic E-state index is 3.57. The van der Waals surface area contributed by atoms with Gasteiger partial charge in [0.2, 0.25) is 0 Å². The average molecular weight is 292 g/mol. The summed E-state index contributed by atoms with van der Waals surface area (Å²) >= 11 is 3.57. The Morgan fingerprint density at radius 1 is 1.18 bits per heavy atom. The normalized spacial score (nSPS) is 25.3. The molecule has 0 radical (unpaired) electrons. The van der Waals surface area contributed by atoms with E-state index in [0.29, 0.717) is 0 Å². The van der Waals surface area contributed by atoms with Crippen molar-refractivity contribution in [3.05, 3.63) is 34.4 Å². The van der Waals surface area contributed by atoms with Gasteiger partial charge in [0.15, 0.2) is 0 Å². The van der Waals surface area contributed by atoms with Gasteiger partial charge < -0.3 is 4.98 Å². The minimum atomic E-state index is 0.759. The highest BCUT2D eigenvalue weighted by Gasteiger charge is 2.21. The zero-order valence-corrected chi connectivity index (χ0v) is 11.8. The van der Waals surface area contributed by atoms with E-state index in [4.69, 9.17) is 0 Å². The van der Waals surface area contributed by atoms with Crippen molar-refractivity contribution in [2.75, 3.05) is 0 Å². The fourth-order valence-corrected chi connectivity index (χ4v) is 3.38. The number of hydrogen-bond donors (Lipinski definition) is 1. The molecule has 1 aliphatic carbocycles. The first-order chi connectivity index (χ1) is 8.24. The van der Waals surface area contributed by atoms with Crippen molar-refractivity contribution in [3.63, 3.8) is 0 Å². The van der Waals surface area contributed by atoms with Crippen molar-refractivity contribution in [1.29, 1.82) is 0 Å². The molecule has 0 unspecified atom stereocenters. The van der Waals surface area contributed by atoms with E-state index in [1.54, 1.807) is 0 Å². The lowest BCUT2D eigenvalue weighted by atomic mass is 9.79. The summed E-state index contributed by atoms with van der Waals surface area (Å²) in [5.41, 5.74) is 2.79. The van der Waals surface area contributed by atoms with E-state index < -0.39 is 0 Å². The highest BCUT2D eigenvalue weighted by molar-refractivity contribution is 9.10. The number of aromatic amines is 1. The molecule has 0 spiro atoms. The molecule has 0 bridgehead atoms. The molecule has 0 saturated heterocycles. The van der Waals surface area contributed by atoms with E-state index in [2.05, 4.69) is 52.2 Å². The van der Waals surface area contributed by atoms with Crippen molar-refractivity contribution in [1.82, 2.24) is 4.98 Å². The van der Waals surface area contributed by atoms with Crippen LogP contribution in [-0.4, -0.2) is 4.98 Å². The number of fused-ring (bicyclic) bond motifs is 1. The summed E-state index contributed by atoms with van der Waals surface area (Å²) in [6.45, 7) is 2.38. The number of benzene rings is 1. The average Bonchev–Trinajstić information content (AvgIpc) is 2.73. The molecule has 90 valence electrons. The highest BCUT2D eigenvalue weighted by atomic mass is 79.9. The zero-order chi connectivity index (χ0) is 11.8. The second-order valence-electron chi connectivity index (χ2n) is 5.39. The van der Waals surface area contributed by atoms with E-state index in [0.717, 1.165) is 11.8 Å². The third-order valence-corrected chi connectivity index (χ3v) is 4.62. The van der Waals surface area contributed by atoms with Crippen LogP contribution in [0.5, 0.6) is 0 Å². The van der Waals surface area contributed by atoms with Crippen LogP contribution in [0.2, 0.25) is 0 Å². The Kier molecular flexibility index (Phi) is 2.99. The van der Waals surface area contributed by atoms with Gasteiger partial charge in [0.1, 0.15) is 0 Å². The van der Waals surface area contributed by atoms with Gasteiger partial charge in [0, 0.05) is 21.6 Å². The molecule has 3 rings (SSSR count). The second-order valence-corrected chi connectivity index (χ2v) is 6.31. The fraction of sp³-hybridized carbons (Fsp3) is 0.467. The molecule has 1 aliphatic rings. The first-order valence-corrected chi connectivity index (χ1v) is 7.30. The van der Waals surface area contributed by atoms with Crippen LogP contribution < -0.4 is 0 Å². The Bertz CT molecular complexity index is 521. The summed E-state index contributed by atoms with van der Waals surface area (Å²) in [7, 11) is 0. The van der Waals surface area contributed by atoms with Crippen molar-refractivity contribution < 1.29 is 0 Å². The monoisotopic (exact) mass is 291 g/mol. The van der Waals surface area contributed by atoms with Gasteiger partial charge in [-0.25, -0.2) is 0 Å². The number of H-pyrrole nitrogens is 1. The van der Waals surface area contributed by atoms with Crippen LogP contribution in [-0.2, 0) is 0 Å². The van der Waals surface area contributed by atoms with Gasteiger partial charge in [0.05, 0.1) is 0 Å². The van der Waals surface area contributed by atoms with Gasteiger partial charge in [0.25, 0.3) is 0 Å². The number of halogens is 1. The lowest BCUT2D eigenvalue weighted by Crippen LogP contribution is -2.10. The van der Waals surface area contributed by atoms with Crippen LogP contribution >= 0.6 is 15.9 Å². The van der Waals surface area contributed by atoms with E-state index >= 15 is 0 Å². The summed E-state index contributed by atoms with van der Waals surface area (Å²) in [5, 5.41) is 1.40. The molecule has 1 heterocycles. The standard InChI is InChI=1S/C15H18BrN/c1-10-2-4-11(5-3-10)14-9-17-15-7-6-12(16)8-13(14)15/h6-11,17H,2-5H2,1H3. The predicted molar refractivity (Wildman–Crippen MR) is 76.4 cm³/mol. The molecule has 0 atom stereocenters. The topological polar surface area (TPSA) is 15.8 Å². The van der Waals surface area contributed by atoms with Gasteiger partial charge in [-0.1, -0.05) is 35.7 Å². The Morgan fingerprint density at radius 3 is 2.71 bits per heavy atom. The summed E-state index contributed by atoms with van der Waals surface area (Å²) in [6, 6.07) is 6.51. The molecule has 1 aromatic heterocycles. The van der Waals surface area contributed by atoms with E-state index in [1.807, 2.05) is 0 Å². The summed E-state index contributed by atoms with van der Waals surface area (Å²) < 4.78 is 1.18. The molecule has 17 heavy (non-hydrogen) atoms. The summed E-state index contributed by atoms with van der Waals surface area (Å²) in [5.74, 6) is 1.68. The smallest absolute Gasteiger partial charge is 0.0457 e. The van der Waals surface area contributed by atoms with Gasteiger partial charge >= 0.3 is 0 Å². The maximum Gasteiger partial charge on any atom is 0.0457 e. The summed E-state index contributed by atoms with van der Waals surface area (Å²) in [4.78, 5) is 3.40. The van der Waals surface area contributed by atoms with Gasteiger partial charge in [-0.15, -0.1) is 0 Å². The largest absolute Gasteiger partial charge is 0.361 e. The van der Waals surface area contributed by atoms with E-state index in [-0.39, 0.29) is 0 Å². The number of nitrogens with one attached hydrogen (secondary N) is 1. The zero-order valence-electron chi connectivity index (χ0n) is 10.2. The molecular formula is C15H18BrN. The quantitative estimate of drug-likeness (QED) is 0.741. The highest BCUT2D eigenvalue weighted by Crippen LogP contribution is 2.38. The predicted octanol–water partition coefficient (Wildman–Crippen LogP) is 5.22. The van der Waals surface area contributed by atoms with E-state index in [1.165, 1.54) is 46.6 Å². The minimum absolute atomic E-state index is 0.759. The van der Waals surface area contributed by atoms with Crippen LogP contribution in [0.15, 0.2) is 28.9 Å². The first kappa shape index (κ1) is 11.3. The Morgan fingerprint density at radius 2 is 1.94 bits per heavy atom. The van der Waals surface area contributed by atoms with Gasteiger partial charge in [-0.3, -0.25) is 0 Å². The minimum Gasteiger partial charge on any atom is -0.361 e. The molecule has 1 N–H and O–H groups in total. The number of rotatable bonds is 1. The fourth-order valence-electron chi connectivity index (χ4n) is 3.02. The first-order valence-electron chi connectivity index (χ1n) is 6.50. The van der Waals surface area contributed by atoms with Gasteiger partial charge in [-0.05, 0) is 48.4 Å². The van der Waals surface area contributed by atoms with E-state index in [9.17, 15) is 0 Å².